The molecule has 0 aromatic carbocycles. The lowest BCUT2D eigenvalue weighted by Gasteiger charge is -2.40. The molecule has 2 rings (SSSR count). The van der Waals surface area contributed by atoms with E-state index >= 15 is 0 Å². The molecule has 9 nitrogen and oxygen atoms in total. The van der Waals surface area contributed by atoms with Crippen LogP contribution < -0.4 is 10.6 Å². The molecular formula is C14H18N4O5. The summed E-state index contributed by atoms with van der Waals surface area (Å²) >= 11 is 0. The topological polar surface area (TPSA) is 132 Å². The number of fused-ring (bicyclic) bond motifs is 1. The zero-order valence-electron chi connectivity index (χ0n) is 13.0. The number of rotatable bonds is 2. The Morgan fingerprint density at radius 2 is 2.04 bits per heavy atom. The summed E-state index contributed by atoms with van der Waals surface area (Å²) in [5.74, 6) is -0.468. The molecule has 1 aliphatic rings. The first-order valence-corrected chi connectivity index (χ1v) is 6.91. The molecular weight excluding hydrogens is 304 g/mol. The molecule has 3 amide bonds. The van der Waals surface area contributed by atoms with Crippen LogP contribution in [0.5, 0.6) is 0 Å². The fourth-order valence-electron chi connectivity index (χ4n) is 2.54. The normalized spacial score (nSPS) is 17.0. The van der Waals surface area contributed by atoms with Gasteiger partial charge < -0.3 is 15.5 Å². The van der Waals surface area contributed by atoms with Crippen LogP contribution in [0.4, 0.5) is 21.0 Å². The number of hydrogen-bond donors (Lipinski definition) is 4. The van der Waals surface area contributed by atoms with Gasteiger partial charge in [-0.2, -0.15) is 0 Å². The minimum absolute atomic E-state index is 0.123. The van der Waals surface area contributed by atoms with Gasteiger partial charge >= 0.3 is 12.2 Å². The van der Waals surface area contributed by atoms with Crippen molar-refractivity contribution < 1.29 is 24.6 Å². The molecule has 1 unspecified atom stereocenters. The van der Waals surface area contributed by atoms with Gasteiger partial charge in [0.15, 0.2) is 0 Å². The van der Waals surface area contributed by atoms with Crippen LogP contribution in [0.3, 0.4) is 0 Å². The third kappa shape index (κ3) is 3.50. The maximum absolute atomic E-state index is 12.3. The first-order chi connectivity index (χ1) is 10.6. The van der Waals surface area contributed by atoms with Gasteiger partial charge in [0.1, 0.15) is 6.04 Å². The number of carbonyl (C=O) groups is 3. The molecule has 124 valence electrons. The van der Waals surface area contributed by atoms with Crippen molar-refractivity contribution in [3.8, 4) is 0 Å². The lowest BCUT2D eigenvalue weighted by atomic mass is 9.97. The Morgan fingerprint density at radius 1 is 1.39 bits per heavy atom. The average molecular weight is 322 g/mol. The summed E-state index contributed by atoms with van der Waals surface area (Å²) in [4.78, 5) is 39.7. The molecule has 2 heterocycles. The first-order valence-electron chi connectivity index (χ1n) is 6.91. The molecule has 0 fully saturated rings. The molecule has 0 radical (unpaired) electrons. The van der Waals surface area contributed by atoms with E-state index in [1.807, 2.05) is 0 Å². The van der Waals surface area contributed by atoms with Crippen LogP contribution in [0.25, 0.3) is 0 Å². The number of nitrogens with one attached hydrogen (secondary N) is 2. The van der Waals surface area contributed by atoms with Gasteiger partial charge in [0.2, 0.25) is 5.91 Å². The Kier molecular flexibility index (Phi) is 4.13. The van der Waals surface area contributed by atoms with Crippen LogP contribution in [-0.4, -0.2) is 49.8 Å². The van der Waals surface area contributed by atoms with Gasteiger partial charge in [0.05, 0.1) is 23.3 Å². The van der Waals surface area contributed by atoms with E-state index in [1.165, 1.54) is 12.3 Å². The van der Waals surface area contributed by atoms with Gasteiger partial charge in [-0.1, -0.05) is 0 Å². The predicted molar refractivity (Wildman–Crippen MR) is 81.6 cm³/mol. The summed E-state index contributed by atoms with van der Waals surface area (Å²) < 4.78 is 0. The number of carbonyl (C=O) groups excluding carboxylic acids is 1. The number of amides is 3. The molecule has 0 saturated heterocycles. The van der Waals surface area contributed by atoms with E-state index in [-0.39, 0.29) is 12.1 Å². The van der Waals surface area contributed by atoms with E-state index in [1.54, 1.807) is 20.8 Å². The van der Waals surface area contributed by atoms with E-state index in [2.05, 4.69) is 15.6 Å². The molecule has 1 aliphatic heterocycles. The van der Waals surface area contributed by atoms with Crippen molar-refractivity contribution in [1.29, 1.82) is 0 Å². The molecule has 0 spiro atoms. The fourth-order valence-corrected chi connectivity index (χ4v) is 2.54. The lowest BCUT2D eigenvalue weighted by molar-refractivity contribution is -0.122. The van der Waals surface area contributed by atoms with Crippen LogP contribution in [-0.2, 0) is 11.2 Å². The first kappa shape index (κ1) is 16.5. The average Bonchev–Trinajstić information content (AvgIpc) is 2.37. The van der Waals surface area contributed by atoms with Crippen molar-refractivity contribution in [1.82, 2.24) is 9.88 Å². The molecule has 23 heavy (non-hydrogen) atoms. The maximum Gasteiger partial charge on any atom is 0.409 e. The van der Waals surface area contributed by atoms with Crippen LogP contribution in [0, 0.1) is 0 Å². The summed E-state index contributed by atoms with van der Waals surface area (Å²) in [6, 6.07) is 0.554. The van der Waals surface area contributed by atoms with Crippen LogP contribution in [0.1, 0.15) is 26.5 Å². The SMILES string of the molecule is CC(C)(C)N(C(=O)O)C1Cc2ncc(NC(=O)O)cc2NC1=O. The Morgan fingerprint density at radius 3 is 2.57 bits per heavy atom. The number of carboxylic acid groups (broad SMARTS) is 2. The zero-order chi connectivity index (χ0) is 17.4. The standard InChI is InChI=1S/C14H18N4O5/c1-14(2,3)18(13(22)23)10-5-8-9(17-11(10)19)4-7(6-15-8)16-12(20)21/h4,6,10,16H,5H2,1-3H3,(H,17,19)(H,20,21)(H,22,23). The van der Waals surface area contributed by atoms with E-state index in [0.717, 1.165) is 4.90 Å². The van der Waals surface area contributed by atoms with Gasteiger partial charge in [-0.15, -0.1) is 0 Å². The molecule has 1 aromatic heterocycles. The largest absolute Gasteiger partial charge is 0.465 e. The second kappa shape index (κ2) is 5.75. The van der Waals surface area contributed by atoms with Gasteiger partial charge in [0, 0.05) is 12.0 Å². The van der Waals surface area contributed by atoms with E-state index in [4.69, 9.17) is 5.11 Å². The summed E-state index contributed by atoms with van der Waals surface area (Å²) in [6.45, 7) is 5.12. The zero-order valence-corrected chi connectivity index (χ0v) is 13.0. The monoisotopic (exact) mass is 322 g/mol. The van der Waals surface area contributed by atoms with Gasteiger partial charge in [-0.05, 0) is 26.8 Å². The summed E-state index contributed by atoms with van der Waals surface area (Å²) in [5.41, 5.74) is 0.342. The third-order valence-corrected chi connectivity index (χ3v) is 3.41. The molecule has 0 aliphatic carbocycles. The van der Waals surface area contributed by atoms with E-state index < -0.39 is 29.7 Å². The number of pyridine rings is 1. The van der Waals surface area contributed by atoms with E-state index in [9.17, 15) is 19.5 Å². The smallest absolute Gasteiger partial charge is 0.409 e. The van der Waals surface area contributed by atoms with Crippen molar-refractivity contribution >= 4 is 29.5 Å². The molecule has 0 bridgehead atoms. The predicted octanol–water partition coefficient (Wildman–Crippen LogP) is 1.81. The van der Waals surface area contributed by atoms with Gasteiger partial charge in [-0.25, -0.2) is 9.59 Å². The van der Waals surface area contributed by atoms with Gasteiger partial charge in [0.25, 0.3) is 0 Å². The molecule has 0 saturated carbocycles. The maximum atomic E-state index is 12.3. The van der Waals surface area contributed by atoms with Crippen LogP contribution in [0.15, 0.2) is 12.3 Å². The summed E-state index contributed by atoms with van der Waals surface area (Å²) in [5, 5.41) is 22.8. The number of aromatic nitrogens is 1. The Bertz CT molecular complexity index is 668. The number of anilines is 2. The fraction of sp³-hybridized carbons (Fsp3) is 0.429. The molecule has 1 atom stereocenters. The Labute approximate surface area is 132 Å². The van der Waals surface area contributed by atoms with Crippen molar-refractivity contribution in [3.63, 3.8) is 0 Å². The second-order valence-corrected chi connectivity index (χ2v) is 6.18. The molecule has 1 aromatic rings. The van der Waals surface area contributed by atoms with Crippen molar-refractivity contribution in [2.75, 3.05) is 10.6 Å². The summed E-state index contributed by atoms with van der Waals surface area (Å²) in [7, 11) is 0. The van der Waals surface area contributed by atoms with Gasteiger partial charge in [-0.3, -0.25) is 20.0 Å². The minimum Gasteiger partial charge on any atom is -0.465 e. The van der Waals surface area contributed by atoms with E-state index in [0.29, 0.717) is 11.4 Å². The Hall–Kier alpha value is -2.84. The minimum atomic E-state index is -1.24. The molecule has 4 N–H and O–H groups in total. The highest BCUT2D eigenvalue weighted by Crippen LogP contribution is 2.29. The number of nitrogens with zero attached hydrogens (tertiary/aromatic N) is 2. The van der Waals surface area contributed by atoms with Crippen LogP contribution in [0.2, 0.25) is 0 Å². The highest BCUT2D eigenvalue weighted by molar-refractivity contribution is 6.00. The van der Waals surface area contributed by atoms with Crippen molar-refractivity contribution in [2.45, 2.75) is 38.8 Å². The quantitative estimate of drug-likeness (QED) is 0.656. The summed E-state index contributed by atoms with van der Waals surface area (Å²) in [6.07, 6.45) is -0.983. The Balaban J connectivity index is 2.32. The van der Waals surface area contributed by atoms with Crippen molar-refractivity contribution in [2.24, 2.45) is 0 Å². The van der Waals surface area contributed by atoms with Crippen LogP contribution >= 0.6 is 0 Å². The van der Waals surface area contributed by atoms with Crippen molar-refractivity contribution in [3.05, 3.63) is 18.0 Å². The third-order valence-electron chi connectivity index (χ3n) is 3.41. The highest BCUT2D eigenvalue weighted by Gasteiger charge is 2.40. The lowest BCUT2D eigenvalue weighted by Crippen LogP contribution is -2.57. The molecule has 9 heteroatoms. The second-order valence-electron chi connectivity index (χ2n) is 6.18. The number of hydrogen-bond acceptors (Lipinski definition) is 4. The highest BCUT2D eigenvalue weighted by atomic mass is 16.4.